The van der Waals surface area contributed by atoms with Crippen molar-refractivity contribution in [3.05, 3.63) is 102 Å². The molecule has 1 atom stereocenters. The van der Waals surface area contributed by atoms with Gasteiger partial charge < -0.3 is 0 Å². The van der Waals surface area contributed by atoms with Gasteiger partial charge in [-0.15, -0.1) is 0 Å². The van der Waals surface area contributed by atoms with E-state index in [1.54, 1.807) is 12.1 Å². The molecule has 0 N–H and O–H groups in total. The highest BCUT2D eigenvalue weighted by atomic mass is 19.2. The second-order valence-corrected chi connectivity index (χ2v) is 11.6. The number of unbranched alkanes of at least 4 members (excludes halogenated alkanes) is 8. The van der Waals surface area contributed by atoms with Gasteiger partial charge in [-0.2, -0.15) is 0 Å². The lowest BCUT2D eigenvalue weighted by molar-refractivity contribution is 0.297. The SMILES string of the molecule is CCCCCCCCC1(CCCCCC)C=CC(c2ccc(-c3ccc(-c4ccccc4)cc3)c(F)c2F)=CC1. The van der Waals surface area contributed by atoms with Crippen LogP contribution in [-0.4, -0.2) is 0 Å². The molecule has 212 valence electrons. The van der Waals surface area contributed by atoms with Gasteiger partial charge >= 0.3 is 0 Å². The third-order valence-electron chi connectivity index (χ3n) is 8.60. The van der Waals surface area contributed by atoms with Crippen molar-refractivity contribution in [3.8, 4) is 22.3 Å². The van der Waals surface area contributed by atoms with Crippen molar-refractivity contribution in [3.63, 3.8) is 0 Å². The highest BCUT2D eigenvalue weighted by Gasteiger charge is 2.28. The zero-order valence-electron chi connectivity index (χ0n) is 24.5. The fraction of sp³-hybridized carbons (Fsp3) is 0.421. The van der Waals surface area contributed by atoms with Gasteiger partial charge in [-0.25, -0.2) is 8.78 Å². The quantitative estimate of drug-likeness (QED) is 0.168. The largest absolute Gasteiger partial charge is 0.203 e. The summed E-state index contributed by atoms with van der Waals surface area (Å²) >= 11 is 0. The van der Waals surface area contributed by atoms with Crippen LogP contribution in [0.15, 0.2) is 85.0 Å². The maximum atomic E-state index is 15.5. The summed E-state index contributed by atoms with van der Waals surface area (Å²) in [6.45, 7) is 4.51. The molecule has 0 bridgehead atoms. The zero-order valence-corrected chi connectivity index (χ0v) is 24.5. The Hall–Kier alpha value is -3.00. The molecule has 0 fully saturated rings. The smallest absolute Gasteiger partial charge is 0.167 e. The van der Waals surface area contributed by atoms with Crippen molar-refractivity contribution in [2.24, 2.45) is 5.41 Å². The van der Waals surface area contributed by atoms with E-state index in [-0.39, 0.29) is 5.41 Å². The van der Waals surface area contributed by atoms with Crippen LogP contribution in [0.4, 0.5) is 8.78 Å². The van der Waals surface area contributed by atoms with Gasteiger partial charge in [-0.1, -0.05) is 163 Å². The molecule has 2 heteroatoms. The van der Waals surface area contributed by atoms with Crippen LogP contribution in [0.25, 0.3) is 27.8 Å². The highest BCUT2D eigenvalue weighted by Crippen LogP contribution is 2.43. The summed E-state index contributed by atoms with van der Waals surface area (Å²) in [5.74, 6) is -1.53. The molecule has 3 aromatic carbocycles. The van der Waals surface area contributed by atoms with Crippen molar-refractivity contribution in [2.45, 2.75) is 97.3 Å². The molecule has 0 heterocycles. The number of benzene rings is 3. The molecular formula is C38H46F2. The van der Waals surface area contributed by atoms with Crippen LogP contribution < -0.4 is 0 Å². The van der Waals surface area contributed by atoms with Gasteiger partial charge in [0.15, 0.2) is 11.6 Å². The van der Waals surface area contributed by atoms with E-state index >= 15 is 8.78 Å². The topological polar surface area (TPSA) is 0 Å². The molecule has 0 amide bonds. The molecule has 0 nitrogen and oxygen atoms in total. The van der Waals surface area contributed by atoms with E-state index in [0.717, 1.165) is 23.1 Å². The number of rotatable bonds is 15. The van der Waals surface area contributed by atoms with E-state index in [0.29, 0.717) is 16.7 Å². The minimum atomic E-state index is -0.775. The van der Waals surface area contributed by atoms with E-state index in [2.05, 4.69) is 32.1 Å². The average molecular weight is 541 g/mol. The third kappa shape index (κ3) is 7.80. The molecule has 0 saturated carbocycles. The van der Waals surface area contributed by atoms with Crippen molar-refractivity contribution in [1.82, 2.24) is 0 Å². The van der Waals surface area contributed by atoms with Gasteiger partial charge in [0.1, 0.15) is 0 Å². The molecule has 1 unspecified atom stereocenters. The number of halogens is 2. The molecule has 0 aromatic heterocycles. The fourth-order valence-corrected chi connectivity index (χ4v) is 6.04. The van der Waals surface area contributed by atoms with E-state index in [4.69, 9.17) is 0 Å². The highest BCUT2D eigenvalue weighted by molar-refractivity contribution is 5.78. The van der Waals surface area contributed by atoms with Gasteiger partial charge in [0.2, 0.25) is 0 Å². The molecule has 4 rings (SSSR count). The molecule has 0 radical (unpaired) electrons. The predicted molar refractivity (Wildman–Crippen MR) is 168 cm³/mol. The summed E-state index contributed by atoms with van der Waals surface area (Å²) < 4.78 is 30.8. The molecule has 0 aliphatic heterocycles. The lowest BCUT2D eigenvalue weighted by Gasteiger charge is -2.33. The Morgan fingerprint density at radius 1 is 0.575 bits per heavy atom. The van der Waals surface area contributed by atoms with E-state index in [9.17, 15) is 0 Å². The predicted octanol–water partition coefficient (Wildman–Crippen LogP) is 12.3. The first kappa shape index (κ1) is 30.0. The van der Waals surface area contributed by atoms with Gasteiger partial charge in [0.05, 0.1) is 0 Å². The first-order chi connectivity index (χ1) is 19.6. The fourth-order valence-electron chi connectivity index (χ4n) is 6.04. The summed E-state index contributed by atoms with van der Waals surface area (Å²) in [6, 6.07) is 21.2. The molecule has 1 aliphatic rings. The number of hydrogen-bond donors (Lipinski definition) is 0. The maximum Gasteiger partial charge on any atom is 0.167 e. The Balaban J connectivity index is 1.46. The van der Waals surface area contributed by atoms with Gasteiger partial charge in [0.25, 0.3) is 0 Å². The average Bonchev–Trinajstić information content (AvgIpc) is 3.00. The van der Waals surface area contributed by atoms with Gasteiger partial charge in [-0.05, 0) is 46.9 Å². The van der Waals surface area contributed by atoms with Crippen LogP contribution in [0, 0.1) is 17.0 Å². The Morgan fingerprint density at radius 2 is 1.10 bits per heavy atom. The molecule has 3 aromatic rings. The van der Waals surface area contributed by atoms with Gasteiger partial charge in [-0.3, -0.25) is 0 Å². The summed E-state index contributed by atoms with van der Waals surface area (Å²) in [5, 5.41) is 0. The second-order valence-electron chi connectivity index (χ2n) is 11.6. The third-order valence-corrected chi connectivity index (χ3v) is 8.60. The first-order valence-electron chi connectivity index (χ1n) is 15.6. The number of hydrogen-bond acceptors (Lipinski definition) is 0. The van der Waals surface area contributed by atoms with Crippen LogP contribution in [0.2, 0.25) is 0 Å². The van der Waals surface area contributed by atoms with Crippen LogP contribution in [0.3, 0.4) is 0 Å². The van der Waals surface area contributed by atoms with E-state index in [1.807, 2.05) is 54.6 Å². The van der Waals surface area contributed by atoms with Crippen LogP contribution in [0.1, 0.15) is 103 Å². The minimum absolute atomic E-state index is 0.150. The molecule has 0 saturated heterocycles. The van der Waals surface area contributed by atoms with Crippen LogP contribution in [0.5, 0.6) is 0 Å². The normalized spacial score (nSPS) is 16.8. The zero-order chi connectivity index (χ0) is 28.2. The number of allylic oxidation sites excluding steroid dienone is 4. The summed E-state index contributed by atoms with van der Waals surface area (Å²) in [4.78, 5) is 0. The van der Waals surface area contributed by atoms with E-state index < -0.39 is 11.6 Å². The maximum absolute atomic E-state index is 15.5. The lowest BCUT2D eigenvalue weighted by atomic mass is 9.72. The molecule has 40 heavy (non-hydrogen) atoms. The molecule has 1 aliphatic carbocycles. The van der Waals surface area contributed by atoms with Crippen molar-refractivity contribution < 1.29 is 8.78 Å². The lowest BCUT2D eigenvalue weighted by Crippen LogP contribution is -2.20. The standard InChI is InChI=1S/C38H46F2/c1-3-5-7-9-10-15-27-38(26-14-8-6-4-2)28-24-33(25-29-38)35-23-22-34(36(39)37(35)40)32-20-18-31(19-21-32)30-16-12-11-13-17-30/h11-13,16-25,28H,3-10,14-15,26-27,29H2,1-2H3. The van der Waals surface area contributed by atoms with Gasteiger partial charge in [0, 0.05) is 11.1 Å². The summed E-state index contributed by atoms with van der Waals surface area (Å²) in [6.07, 6.45) is 22.6. The van der Waals surface area contributed by atoms with Crippen molar-refractivity contribution >= 4 is 5.57 Å². The summed E-state index contributed by atoms with van der Waals surface area (Å²) in [7, 11) is 0. The van der Waals surface area contributed by atoms with Crippen LogP contribution >= 0.6 is 0 Å². The first-order valence-corrected chi connectivity index (χ1v) is 15.6. The van der Waals surface area contributed by atoms with Crippen molar-refractivity contribution in [2.75, 3.05) is 0 Å². The molecule has 0 spiro atoms. The Kier molecular flexibility index (Phi) is 11.3. The second kappa shape index (κ2) is 15.1. The van der Waals surface area contributed by atoms with Crippen molar-refractivity contribution in [1.29, 1.82) is 0 Å². The summed E-state index contributed by atoms with van der Waals surface area (Å²) in [5.41, 5.74) is 4.45. The monoisotopic (exact) mass is 540 g/mol. The Morgan fingerprint density at radius 3 is 1.73 bits per heavy atom. The van der Waals surface area contributed by atoms with Crippen LogP contribution in [-0.2, 0) is 0 Å². The minimum Gasteiger partial charge on any atom is -0.203 e. The Labute approximate surface area is 241 Å². The van der Waals surface area contributed by atoms with E-state index in [1.165, 1.54) is 77.0 Å². The molecular weight excluding hydrogens is 494 g/mol. The Bertz CT molecular complexity index is 1250.